The van der Waals surface area contributed by atoms with Gasteiger partial charge in [0.05, 0.1) is 12.0 Å². The van der Waals surface area contributed by atoms with Gasteiger partial charge in [0.15, 0.2) is 0 Å². The van der Waals surface area contributed by atoms with E-state index in [1.807, 2.05) is 6.33 Å². The van der Waals surface area contributed by atoms with Crippen LogP contribution < -0.4 is 5.73 Å². The van der Waals surface area contributed by atoms with E-state index >= 15 is 0 Å². The van der Waals surface area contributed by atoms with Gasteiger partial charge in [-0.3, -0.25) is 0 Å². The van der Waals surface area contributed by atoms with Crippen molar-refractivity contribution >= 4 is 0 Å². The maximum atomic E-state index is 5.56. The first-order valence-corrected chi connectivity index (χ1v) is 7.91. The van der Waals surface area contributed by atoms with E-state index in [2.05, 4.69) is 29.6 Å². The van der Waals surface area contributed by atoms with Crippen molar-refractivity contribution in [3.63, 3.8) is 0 Å². The van der Waals surface area contributed by atoms with Gasteiger partial charge in [-0.1, -0.05) is 13.8 Å². The van der Waals surface area contributed by atoms with Crippen LogP contribution in [0.15, 0.2) is 12.5 Å². The Balaban J connectivity index is 1.84. The van der Waals surface area contributed by atoms with Crippen molar-refractivity contribution in [2.45, 2.75) is 64.8 Å². The first-order valence-electron chi connectivity index (χ1n) is 7.91. The monoisotopic (exact) mass is 263 g/mol. The number of aromatic nitrogens is 2. The fraction of sp³-hybridized carbons (Fsp3) is 0.812. The third-order valence-corrected chi connectivity index (χ3v) is 4.52. The normalized spacial score (nSPS) is 25.4. The number of rotatable bonds is 6. The van der Waals surface area contributed by atoms with Gasteiger partial charge >= 0.3 is 0 Å². The van der Waals surface area contributed by atoms with E-state index in [0.717, 1.165) is 25.3 Å². The van der Waals surface area contributed by atoms with Crippen LogP contribution in [-0.4, -0.2) is 16.1 Å². The fourth-order valence-electron chi connectivity index (χ4n) is 3.15. The third kappa shape index (κ3) is 4.34. The predicted molar refractivity (Wildman–Crippen MR) is 80.1 cm³/mol. The van der Waals surface area contributed by atoms with Crippen molar-refractivity contribution in [2.24, 2.45) is 17.6 Å². The highest BCUT2D eigenvalue weighted by molar-refractivity contribution is 4.99. The molecule has 0 bridgehead atoms. The van der Waals surface area contributed by atoms with Gasteiger partial charge in [-0.2, -0.15) is 0 Å². The van der Waals surface area contributed by atoms with Gasteiger partial charge in [0, 0.05) is 12.2 Å². The van der Waals surface area contributed by atoms with Crippen molar-refractivity contribution in [1.29, 1.82) is 0 Å². The summed E-state index contributed by atoms with van der Waals surface area (Å²) in [6.07, 6.45) is 13.1. The van der Waals surface area contributed by atoms with Crippen LogP contribution in [0.2, 0.25) is 0 Å². The van der Waals surface area contributed by atoms with E-state index in [1.54, 1.807) is 0 Å². The highest BCUT2D eigenvalue weighted by Gasteiger charge is 2.19. The molecule has 0 spiro atoms. The smallest absolute Gasteiger partial charge is 0.0951 e. The van der Waals surface area contributed by atoms with Crippen LogP contribution in [0.1, 0.15) is 64.1 Å². The Kier molecular flexibility index (Phi) is 5.44. The first-order chi connectivity index (χ1) is 9.19. The van der Waals surface area contributed by atoms with Gasteiger partial charge in [0.25, 0.3) is 0 Å². The van der Waals surface area contributed by atoms with E-state index in [-0.39, 0.29) is 0 Å². The van der Waals surface area contributed by atoms with Crippen molar-refractivity contribution < 1.29 is 0 Å². The second-order valence-corrected chi connectivity index (χ2v) is 6.47. The Morgan fingerprint density at radius 2 is 2.11 bits per heavy atom. The molecule has 0 saturated heterocycles. The molecule has 0 unspecified atom stereocenters. The quantitative estimate of drug-likeness (QED) is 0.853. The zero-order chi connectivity index (χ0) is 13.7. The van der Waals surface area contributed by atoms with E-state index in [0.29, 0.717) is 12.0 Å². The molecule has 108 valence electrons. The number of nitrogens with zero attached hydrogens (tertiary/aromatic N) is 2. The van der Waals surface area contributed by atoms with Gasteiger partial charge in [-0.25, -0.2) is 4.98 Å². The Morgan fingerprint density at radius 1 is 1.37 bits per heavy atom. The average Bonchev–Trinajstić information content (AvgIpc) is 2.85. The summed E-state index contributed by atoms with van der Waals surface area (Å²) in [5.41, 5.74) is 6.82. The second kappa shape index (κ2) is 7.09. The van der Waals surface area contributed by atoms with Crippen molar-refractivity contribution in [3.05, 3.63) is 18.2 Å². The molecule has 2 rings (SSSR count). The van der Waals surface area contributed by atoms with E-state index in [1.165, 1.54) is 37.8 Å². The van der Waals surface area contributed by atoms with Crippen LogP contribution >= 0.6 is 0 Å². The van der Waals surface area contributed by atoms with Crippen LogP contribution in [0.3, 0.4) is 0 Å². The summed E-state index contributed by atoms with van der Waals surface area (Å²) >= 11 is 0. The lowest BCUT2D eigenvalue weighted by atomic mass is 9.87. The molecule has 2 N–H and O–H groups in total. The summed E-state index contributed by atoms with van der Waals surface area (Å²) in [5, 5.41) is 0. The summed E-state index contributed by atoms with van der Waals surface area (Å²) in [6.45, 7) is 5.48. The molecule has 1 heterocycles. The molecular formula is C16H29N3. The minimum atomic E-state index is 0.691. The van der Waals surface area contributed by atoms with Gasteiger partial charge in [0.2, 0.25) is 0 Å². The number of imidazole rings is 1. The fourth-order valence-corrected chi connectivity index (χ4v) is 3.15. The van der Waals surface area contributed by atoms with Crippen molar-refractivity contribution in [3.8, 4) is 0 Å². The molecule has 0 aliphatic heterocycles. The molecular weight excluding hydrogens is 234 g/mol. The molecule has 1 atom stereocenters. The molecule has 19 heavy (non-hydrogen) atoms. The SMILES string of the molecule is C[C@@H](CCCN)Cc1cn([C@H]2CC[C@H](C)CC2)cn1. The number of hydrogen-bond donors (Lipinski definition) is 1. The molecule has 0 aromatic carbocycles. The van der Waals surface area contributed by atoms with E-state index < -0.39 is 0 Å². The van der Waals surface area contributed by atoms with Gasteiger partial charge < -0.3 is 10.3 Å². The largest absolute Gasteiger partial charge is 0.334 e. The summed E-state index contributed by atoms with van der Waals surface area (Å²) in [4.78, 5) is 4.59. The Hall–Kier alpha value is -0.830. The lowest BCUT2D eigenvalue weighted by Crippen LogP contribution is -2.15. The molecule has 1 aliphatic rings. The third-order valence-electron chi connectivity index (χ3n) is 4.52. The summed E-state index contributed by atoms with van der Waals surface area (Å²) in [6, 6.07) is 0.691. The highest BCUT2D eigenvalue weighted by atomic mass is 15.1. The molecule has 1 saturated carbocycles. The van der Waals surface area contributed by atoms with Crippen molar-refractivity contribution in [1.82, 2.24) is 9.55 Å². The topological polar surface area (TPSA) is 43.8 Å². The van der Waals surface area contributed by atoms with E-state index in [9.17, 15) is 0 Å². The van der Waals surface area contributed by atoms with Crippen LogP contribution in [0.5, 0.6) is 0 Å². The maximum absolute atomic E-state index is 5.56. The van der Waals surface area contributed by atoms with Crippen LogP contribution in [0.25, 0.3) is 0 Å². The second-order valence-electron chi connectivity index (χ2n) is 6.47. The van der Waals surface area contributed by atoms with Gasteiger partial charge in [-0.15, -0.1) is 0 Å². The van der Waals surface area contributed by atoms with Crippen LogP contribution in [-0.2, 0) is 6.42 Å². The average molecular weight is 263 g/mol. The molecule has 1 aromatic rings. The zero-order valence-electron chi connectivity index (χ0n) is 12.5. The number of hydrogen-bond acceptors (Lipinski definition) is 2. The summed E-state index contributed by atoms with van der Waals surface area (Å²) in [5.74, 6) is 1.61. The predicted octanol–water partition coefficient (Wildman–Crippen LogP) is 3.55. The van der Waals surface area contributed by atoms with Gasteiger partial charge in [0.1, 0.15) is 0 Å². The van der Waals surface area contributed by atoms with Crippen LogP contribution in [0.4, 0.5) is 0 Å². The van der Waals surface area contributed by atoms with Crippen molar-refractivity contribution in [2.75, 3.05) is 6.54 Å². The Labute approximate surface area is 117 Å². The maximum Gasteiger partial charge on any atom is 0.0951 e. The molecule has 0 radical (unpaired) electrons. The minimum Gasteiger partial charge on any atom is -0.334 e. The lowest BCUT2D eigenvalue weighted by molar-refractivity contribution is 0.289. The molecule has 3 nitrogen and oxygen atoms in total. The van der Waals surface area contributed by atoms with Crippen LogP contribution in [0, 0.1) is 11.8 Å². The molecule has 1 aliphatic carbocycles. The number of nitrogens with two attached hydrogens (primary N) is 1. The highest BCUT2D eigenvalue weighted by Crippen LogP contribution is 2.31. The zero-order valence-corrected chi connectivity index (χ0v) is 12.5. The van der Waals surface area contributed by atoms with E-state index in [4.69, 9.17) is 5.73 Å². The Morgan fingerprint density at radius 3 is 2.79 bits per heavy atom. The minimum absolute atomic E-state index is 0.691. The molecule has 1 aromatic heterocycles. The molecule has 0 amide bonds. The van der Waals surface area contributed by atoms with Gasteiger partial charge in [-0.05, 0) is 63.3 Å². The summed E-state index contributed by atoms with van der Waals surface area (Å²) in [7, 11) is 0. The lowest BCUT2D eigenvalue weighted by Gasteiger charge is -2.26. The first kappa shape index (κ1) is 14.6. The Bertz CT molecular complexity index is 364. The summed E-state index contributed by atoms with van der Waals surface area (Å²) < 4.78 is 2.36. The molecule has 3 heteroatoms. The standard InChI is InChI=1S/C16H29N3/c1-13-5-7-16(8-6-13)19-11-15(18-12-19)10-14(2)4-3-9-17/h11-14,16H,3-10,17H2,1-2H3/t13-,14-,16-/m0/s1. The molecule has 1 fully saturated rings.